The number of likely N-dealkylation sites (N-methyl/N-ethyl adjacent to an activating group) is 1. The average molecular weight is 300 g/mol. The van der Waals surface area contributed by atoms with Crippen molar-refractivity contribution in [3.8, 4) is 5.88 Å². The molecule has 0 radical (unpaired) electrons. The molecule has 2 rings (SSSR count). The maximum Gasteiger partial charge on any atom is 0.221 e. The Kier molecular flexibility index (Phi) is 6.20. The van der Waals surface area contributed by atoms with E-state index in [1.165, 1.54) is 18.2 Å². The molecule has 1 aromatic heterocycles. The van der Waals surface area contributed by atoms with Gasteiger partial charge in [-0.3, -0.25) is 0 Å². The zero-order chi connectivity index (χ0) is 15.9. The van der Waals surface area contributed by atoms with Crippen LogP contribution in [0.15, 0.2) is 30.3 Å². The number of fused-ring (bicyclic) bond motifs is 1. The number of aryl methyl sites for hydroxylation is 1. The third-order valence-electron chi connectivity index (χ3n) is 4.11. The molecule has 0 N–H and O–H groups in total. The van der Waals surface area contributed by atoms with Gasteiger partial charge in [-0.2, -0.15) is 0 Å². The number of ether oxygens (including phenoxy) is 1. The minimum absolute atomic E-state index is 0.532. The molecule has 22 heavy (non-hydrogen) atoms. The topological polar surface area (TPSA) is 25.4 Å². The van der Waals surface area contributed by atoms with Crippen LogP contribution in [0.3, 0.4) is 0 Å². The first kappa shape index (κ1) is 16.8. The van der Waals surface area contributed by atoms with Gasteiger partial charge in [0.15, 0.2) is 0 Å². The normalized spacial score (nSPS) is 11.5. The summed E-state index contributed by atoms with van der Waals surface area (Å²) < 4.78 is 6.01. The van der Waals surface area contributed by atoms with Crippen molar-refractivity contribution in [2.75, 3.05) is 20.2 Å². The molecule has 2 aromatic rings. The molecule has 1 heterocycles. The van der Waals surface area contributed by atoms with Crippen LogP contribution in [0.5, 0.6) is 5.88 Å². The summed E-state index contributed by atoms with van der Waals surface area (Å²) >= 11 is 0. The van der Waals surface area contributed by atoms with Gasteiger partial charge in [0.1, 0.15) is 6.61 Å². The fourth-order valence-electron chi connectivity index (χ4n) is 2.36. The maximum absolute atomic E-state index is 6.01. The van der Waals surface area contributed by atoms with E-state index in [9.17, 15) is 0 Å². The lowest BCUT2D eigenvalue weighted by Gasteiger charge is -2.21. The van der Waals surface area contributed by atoms with Crippen molar-refractivity contribution >= 4 is 10.8 Å². The summed E-state index contributed by atoms with van der Waals surface area (Å²) in [6, 6.07) is 11.1. The van der Waals surface area contributed by atoms with Gasteiger partial charge >= 0.3 is 0 Å². The van der Waals surface area contributed by atoms with Gasteiger partial charge in [0, 0.05) is 23.7 Å². The number of aromatic nitrogens is 1. The predicted molar refractivity (Wildman–Crippen MR) is 93.6 cm³/mol. The zero-order valence-electron chi connectivity index (χ0n) is 14.3. The van der Waals surface area contributed by atoms with Crippen molar-refractivity contribution in [2.45, 2.75) is 46.1 Å². The van der Waals surface area contributed by atoms with Crippen LogP contribution < -0.4 is 4.74 Å². The molecule has 3 nitrogen and oxygen atoms in total. The van der Waals surface area contributed by atoms with E-state index in [2.05, 4.69) is 57.0 Å². The van der Waals surface area contributed by atoms with E-state index in [4.69, 9.17) is 9.72 Å². The quantitative estimate of drug-likeness (QED) is 0.727. The molecule has 120 valence electrons. The summed E-state index contributed by atoms with van der Waals surface area (Å²) in [5, 5.41) is 2.32. The van der Waals surface area contributed by atoms with Gasteiger partial charge in [0.05, 0.1) is 0 Å². The molecule has 0 aliphatic rings. The lowest BCUT2D eigenvalue weighted by Crippen LogP contribution is -2.30. The molecule has 0 atom stereocenters. The highest BCUT2D eigenvalue weighted by Crippen LogP contribution is 2.25. The van der Waals surface area contributed by atoms with Crippen LogP contribution in [0.2, 0.25) is 0 Å². The lowest BCUT2D eigenvalue weighted by atomic mass is 10.1. The Labute approximate surface area is 134 Å². The molecule has 0 fully saturated rings. The number of hydrogen-bond acceptors (Lipinski definition) is 3. The molecule has 0 amide bonds. The summed E-state index contributed by atoms with van der Waals surface area (Å²) in [5.74, 6) is 0.779. The van der Waals surface area contributed by atoms with Crippen molar-refractivity contribution in [3.05, 3.63) is 36.0 Å². The maximum atomic E-state index is 6.01. The van der Waals surface area contributed by atoms with Crippen molar-refractivity contribution in [1.82, 2.24) is 9.88 Å². The average Bonchev–Trinajstić information content (AvgIpc) is 2.52. The standard InChI is InChI=1S/C19H28N2O/c1-5-6-10-17-14-16-9-7-8-11-18(16)19(20-17)22-13-12-21(4)15(2)3/h7-9,11,14-15H,5-6,10,12-13H2,1-4H3. The number of unbranched alkanes of at least 4 members (excludes halogenated alkanes) is 1. The second-order valence-electron chi connectivity index (χ2n) is 6.17. The SMILES string of the molecule is CCCCc1cc2ccccc2c(OCCN(C)C(C)C)n1. The zero-order valence-corrected chi connectivity index (χ0v) is 14.3. The number of pyridine rings is 1. The van der Waals surface area contributed by atoms with Crippen LogP contribution in [-0.4, -0.2) is 36.1 Å². The van der Waals surface area contributed by atoms with Gasteiger partial charge < -0.3 is 9.64 Å². The van der Waals surface area contributed by atoms with Gasteiger partial charge in [-0.15, -0.1) is 0 Å². The largest absolute Gasteiger partial charge is 0.476 e. The summed E-state index contributed by atoms with van der Waals surface area (Å²) in [4.78, 5) is 7.02. The third-order valence-corrected chi connectivity index (χ3v) is 4.11. The molecular weight excluding hydrogens is 272 g/mol. The van der Waals surface area contributed by atoms with E-state index in [1.54, 1.807) is 0 Å². The smallest absolute Gasteiger partial charge is 0.221 e. The minimum atomic E-state index is 0.532. The lowest BCUT2D eigenvalue weighted by molar-refractivity contribution is 0.205. The summed E-state index contributed by atoms with van der Waals surface area (Å²) in [5.41, 5.74) is 1.13. The molecular formula is C19H28N2O. The van der Waals surface area contributed by atoms with Crippen molar-refractivity contribution in [2.24, 2.45) is 0 Å². The van der Waals surface area contributed by atoms with E-state index < -0.39 is 0 Å². The molecule has 0 saturated heterocycles. The van der Waals surface area contributed by atoms with Gasteiger partial charge in [0.2, 0.25) is 5.88 Å². The Bertz CT molecular complexity index is 595. The molecule has 0 saturated carbocycles. The first-order valence-corrected chi connectivity index (χ1v) is 8.33. The fraction of sp³-hybridized carbons (Fsp3) is 0.526. The Morgan fingerprint density at radius 1 is 1.23 bits per heavy atom. The summed E-state index contributed by atoms with van der Waals surface area (Å²) in [6.45, 7) is 8.17. The van der Waals surface area contributed by atoms with Crippen molar-refractivity contribution in [1.29, 1.82) is 0 Å². The molecule has 0 aliphatic heterocycles. The molecule has 0 unspecified atom stereocenters. The van der Waals surface area contributed by atoms with E-state index in [-0.39, 0.29) is 0 Å². The predicted octanol–water partition coefficient (Wildman–Crippen LogP) is 4.30. The van der Waals surface area contributed by atoms with Crippen LogP contribution >= 0.6 is 0 Å². The van der Waals surface area contributed by atoms with Gasteiger partial charge in [-0.1, -0.05) is 31.5 Å². The van der Waals surface area contributed by atoms with Crippen LogP contribution in [0.4, 0.5) is 0 Å². The highest BCUT2D eigenvalue weighted by Gasteiger charge is 2.08. The highest BCUT2D eigenvalue weighted by molar-refractivity contribution is 5.87. The molecule has 3 heteroatoms. The van der Waals surface area contributed by atoms with E-state index in [1.807, 2.05) is 6.07 Å². The fourth-order valence-corrected chi connectivity index (χ4v) is 2.36. The molecule has 0 bridgehead atoms. The van der Waals surface area contributed by atoms with Crippen molar-refractivity contribution < 1.29 is 4.74 Å². The number of hydrogen-bond donors (Lipinski definition) is 0. The summed E-state index contributed by atoms with van der Waals surface area (Å²) in [6.07, 6.45) is 3.37. The first-order valence-electron chi connectivity index (χ1n) is 8.33. The van der Waals surface area contributed by atoms with Gasteiger partial charge in [-0.25, -0.2) is 4.98 Å². The second-order valence-corrected chi connectivity index (χ2v) is 6.17. The minimum Gasteiger partial charge on any atom is -0.476 e. The molecule has 1 aromatic carbocycles. The summed E-state index contributed by atoms with van der Waals surface area (Å²) in [7, 11) is 2.12. The number of rotatable bonds is 8. The van der Waals surface area contributed by atoms with E-state index >= 15 is 0 Å². The van der Waals surface area contributed by atoms with Gasteiger partial charge in [-0.05, 0) is 51.3 Å². The van der Waals surface area contributed by atoms with E-state index in [0.29, 0.717) is 12.6 Å². The first-order chi connectivity index (χ1) is 10.6. The van der Waals surface area contributed by atoms with Gasteiger partial charge in [0.25, 0.3) is 0 Å². The van der Waals surface area contributed by atoms with Crippen LogP contribution in [0, 0.1) is 0 Å². The third kappa shape index (κ3) is 4.44. The highest BCUT2D eigenvalue weighted by atomic mass is 16.5. The van der Waals surface area contributed by atoms with E-state index in [0.717, 1.165) is 29.9 Å². The molecule has 0 aliphatic carbocycles. The van der Waals surface area contributed by atoms with Crippen molar-refractivity contribution in [3.63, 3.8) is 0 Å². The Hall–Kier alpha value is -1.61. The molecule has 0 spiro atoms. The van der Waals surface area contributed by atoms with Crippen LogP contribution in [-0.2, 0) is 6.42 Å². The Morgan fingerprint density at radius 2 is 2.00 bits per heavy atom. The monoisotopic (exact) mass is 300 g/mol. The Morgan fingerprint density at radius 3 is 2.73 bits per heavy atom. The second kappa shape index (κ2) is 8.14. The Balaban J connectivity index is 2.15. The van der Waals surface area contributed by atoms with Crippen LogP contribution in [0.25, 0.3) is 10.8 Å². The number of benzene rings is 1. The number of nitrogens with zero attached hydrogens (tertiary/aromatic N) is 2. The van der Waals surface area contributed by atoms with Crippen LogP contribution in [0.1, 0.15) is 39.3 Å².